The van der Waals surface area contributed by atoms with Gasteiger partial charge in [-0.25, -0.2) is 0 Å². The monoisotopic (exact) mass is 227 g/mol. The molecule has 17 heavy (non-hydrogen) atoms. The van der Waals surface area contributed by atoms with Gasteiger partial charge < -0.3 is 4.98 Å². The largest absolute Gasteiger partial charge is 0.358 e. The van der Waals surface area contributed by atoms with Crippen molar-refractivity contribution in [3.05, 3.63) is 28.5 Å². The molecule has 1 aromatic heterocycles. The van der Waals surface area contributed by atoms with Crippen LogP contribution in [0.1, 0.15) is 43.2 Å². The van der Waals surface area contributed by atoms with Gasteiger partial charge in [0.25, 0.3) is 0 Å². The fourth-order valence-corrected chi connectivity index (χ4v) is 2.89. The van der Waals surface area contributed by atoms with Gasteiger partial charge in [-0.15, -0.1) is 0 Å². The zero-order valence-electron chi connectivity index (χ0n) is 12.1. The van der Waals surface area contributed by atoms with Crippen molar-refractivity contribution in [3.8, 4) is 0 Å². The number of hydrogen-bond donors (Lipinski definition) is 1. The lowest BCUT2D eigenvalue weighted by atomic mass is 9.79. The molecule has 1 nitrogen and oxygen atoms in total. The van der Waals surface area contributed by atoms with Gasteiger partial charge >= 0.3 is 0 Å². The van der Waals surface area contributed by atoms with E-state index in [1.165, 1.54) is 38.8 Å². The molecule has 0 saturated carbocycles. The molecule has 0 atom stereocenters. The smallest absolute Gasteiger partial charge is 0.140 e. The molecule has 90 valence electrons. The molecule has 2 rings (SSSR count). The molecule has 1 heterocycles. The van der Waals surface area contributed by atoms with Crippen LogP contribution in [0.15, 0.2) is 6.07 Å². The number of nitrogens with one attached hydrogen (secondary N) is 1. The van der Waals surface area contributed by atoms with Crippen molar-refractivity contribution in [2.75, 3.05) is 0 Å². The maximum Gasteiger partial charge on any atom is 0.140 e. The normalized spacial score (nSPS) is 12.4. The Balaban J connectivity index is 2.96. The number of hydrogen-bond acceptors (Lipinski definition) is 0. The van der Waals surface area contributed by atoms with E-state index in [9.17, 15) is 0 Å². The number of aromatic amines is 1. The van der Waals surface area contributed by atoms with Gasteiger partial charge in [0, 0.05) is 16.6 Å². The van der Waals surface area contributed by atoms with Gasteiger partial charge in [-0.2, -0.15) is 0 Å². The van der Waals surface area contributed by atoms with Crippen molar-refractivity contribution in [2.24, 2.45) is 0 Å². The molecule has 1 aromatic carbocycles. The first kappa shape index (κ1) is 12.3. The van der Waals surface area contributed by atoms with Crippen molar-refractivity contribution in [1.82, 2.24) is 4.98 Å². The van der Waals surface area contributed by atoms with E-state index in [1.54, 1.807) is 0 Å². The maximum absolute atomic E-state index is 3.54. The average Bonchev–Trinajstić information content (AvgIpc) is 2.50. The Morgan fingerprint density at radius 1 is 1.12 bits per heavy atom. The minimum absolute atomic E-state index is 0.189. The predicted octanol–water partition coefficient (Wildman–Crippen LogP) is 2.65. The molecule has 0 saturated heterocycles. The van der Waals surface area contributed by atoms with Crippen LogP contribution in [-0.4, -0.2) is 12.8 Å². The first-order valence-electron chi connectivity index (χ1n) is 6.33. The second kappa shape index (κ2) is 3.66. The number of aromatic nitrogens is 1. The lowest BCUT2D eigenvalue weighted by Gasteiger charge is -2.21. The zero-order chi connectivity index (χ0) is 13.0. The summed E-state index contributed by atoms with van der Waals surface area (Å²) in [6, 6.07) is 2.28. The topological polar surface area (TPSA) is 15.8 Å². The lowest BCUT2D eigenvalue weighted by molar-refractivity contribution is 0.591. The van der Waals surface area contributed by atoms with Crippen LogP contribution in [0, 0.1) is 20.8 Å². The molecule has 2 aromatic rings. The van der Waals surface area contributed by atoms with Gasteiger partial charge in [-0.1, -0.05) is 31.8 Å². The zero-order valence-corrected chi connectivity index (χ0v) is 12.1. The molecule has 0 spiro atoms. The van der Waals surface area contributed by atoms with Crippen molar-refractivity contribution in [2.45, 2.75) is 47.0 Å². The van der Waals surface area contributed by atoms with E-state index in [1.807, 2.05) is 0 Å². The SMILES string of the molecule is Bc1c(C)cc2[nH]c(C)c(C(C)(C)C)c2c1C. The Hall–Kier alpha value is -1.18. The Bertz CT molecular complexity index is 585. The number of aryl methyl sites for hydroxylation is 3. The molecule has 0 fully saturated rings. The van der Waals surface area contributed by atoms with Crippen LogP contribution in [0.25, 0.3) is 10.9 Å². The van der Waals surface area contributed by atoms with Gasteiger partial charge in [0.05, 0.1) is 0 Å². The van der Waals surface area contributed by atoms with Crippen LogP contribution in [0.4, 0.5) is 0 Å². The van der Waals surface area contributed by atoms with Gasteiger partial charge in [-0.3, -0.25) is 0 Å². The summed E-state index contributed by atoms with van der Waals surface area (Å²) in [6.07, 6.45) is 0. The van der Waals surface area contributed by atoms with Gasteiger partial charge in [0.2, 0.25) is 0 Å². The maximum atomic E-state index is 3.54. The second-order valence-electron chi connectivity index (χ2n) is 6.24. The summed E-state index contributed by atoms with van der Waals surface area (Å²) in [5.74, 6) is 0. The molecule has 0 aliphatic heterocycles. The molecular formula is C15H22BN. The van der Waals surface area contributed by atoms with E-state index in [4.69, 9.17) is 0 Å². The molecule has 0 bridgehead atoms. The third-order valence-electron chi connectivity index (χ3n) is 3.86. The molecular weight excluding hydrogens is 205 g/mol. The Kier molecular flexibility index (Phi) is 2.64. The standard InChI is InChI=1S/C15H22BN/c1-8-7-11-12(9(2)14(8)16)13(10(3)17-11)15(4,5)6/h7,17H,16H2,1-6H3. The molecule has 0 unspecified atom stereocenters. The van der Waals surface area contributed by atoms with E-state index in [0.717, 1.165) is 0 Å². The van der Waals surface area contributed by atoms with E-state index in [2.05, 4.69) is 60.4 Å². The molecule has 2 heteroatoms. The highest BCUT2D eigenvalue weighted by molar-refractivity contribution is 6.35. The molecule has 0 aliphatic rings. The quantitative estimate of drug-likeness (QED) is 0.666. The fraction of sp³-hybridized carbons (Fsp3) is 0.467. The molecule has 1 N–H and O–H groups in total. The summed E-state index contributed by atoms with van der Waals surface area (Å²) in [5.41, 5.74) is 8.46. The summed E-state index contributed by atoms with van der Waals surface area (Å²) in [7, 11) is 2.22. The Morgan fingerprint density at radius 3 is 2.24 bits per heavy atom. The third kappa shape index (κ3) is 1.80. The fourth-order valence-electron chi connectivity index (χ4n) is 2.89. The highest BCUT2D eigenvalue weighted by Gasteiger charge is 2.23. The van der Waals surface area contributed by atoms with Crippen LogP contribution in [0.3, 0.4) is 0 Å². The Labute approximate surface area is 105 Å². The van der Waals surface area contributed by atoms with Crippen molar-refractivity contribution in [3.63, 3.8) is 0 Å². The number of H-pyrrole nitrogens is 1. The highest BCUT2D eigenvalue weighted by Crippen LogP contribution is 2.34. The first-order valence-corrected chi connectivity index (χ1v) is 6.33. The number of rotatable bonds is 0. The summed E-state index contributed by atoms with van der Waals surface area (Å²) < 4.78 is 0. The number of benzene rings is 1. The van der Waals surface area contributed by atoms with Crippen LogP contribution in [0.5, 0.6) is 0 Å². The van der Waals surface area contributed by atoms with Crippen LogP contribution in [0.2, 0.25) is 0 Å². The summed E-state index contributed by atoms with van der Waals surface area (Å²) >= 11 is 0. The van der Waals surface area contributed by atoms with E-state index >= 15 is 0 Å². The van der Waals surface area contributed by atoms with E-state index in [0.29, 0.717) is 0 Å². The Morgan fingerprint density at radius 2 is 1.71 bits per heavy atom. The molecule has 0 aliphatic carbocycles. The third-order valence-corrected chi connectivity index (χ3v) is 3.86. The highest BCUT2D eigenvalue weighted by atomic mass is 14.7. The van der Waals surface area contributed by atoms with Gasteiger partial charge in [0.1, 0.15) is 7.85 Å². The molecule has 0 radical (unpaired) electrons. The van der Waals surface area contributed by atoms with Crippen LogP contribution >= 0.6 is 0 Å². The minimum Gasteiger partial charge on any atom is -0.358 e. The summed E-state index contributed by atoms with van der Waals surface area (Å²) in [4.78, 5) is 3.54. The minimum atomic E-state index is 0.189. The summed E-state index contributed by atoms with van der Waals surface area (Å²) in [6.45, 7) is 13.5. The van der Waals surface area contributed by atoms with Crippen molar-refractivity contribution >= 4 is 24.2 Å². The number of fused-ring (bicyclic) bond motifs is 1. The van der Waals surface area contributed by atoms with Gasteiger partial charge in [0.15, 0.2) is 0 Å². The lowest BCUT2D eigenvalue weighted by Crippen LogP contribution is -2.16. The van der Waals surface area contributed by atoms with E-state index < -0.39 is 0 Å². The van der Waals surface area contributed by atoms with Gasteiger partial charge in [-0.05, 0) is 43.4 Å². The van der Waals surface area contributed by atoms with Crippen molar-refractivity contribution < 1.29 is 0 Å². The predicted molar refractivity (Wildman–Crippen MR) is 79.4 cm³/mol. The first-order chi connectivity index (χ1) is 7.73. The van der Waals surface area contributed by atoms with Crippen LogP contribution in [-0.2, 0) is 5.41 Å². The second-order valence-corrected chi connectivity index (χ2v) is 6.24. The van der Waals surface area contributed by atoms with E-state index in [-0.39, 0.29) is 5.41 Å². The molecule has 0 amide bonds. The average molecular weight is 227 g/mol. The van der Waals surface area contributed by atoms with Crippen molar-refractivity contribution in [1.29, 1.82) is 0 Å². The summed E-state index contributed by atoms with van der Waals surface area (Å²) in [5, 5.41) is 1.43. The van der Waals surface area contributed by atoms with Crippen LogP contribution < -0.4 is 5.46 Å².